The smallest absolute Gasteiger partial charge is 0.174 e. The molecule has 2 rings (SSSR count). The van der Waals surface area contributed by atoms with Gasteiger partial charge in [0.1, 0.15) is 16.8 Å². The first-order valence-electron chi connectivity index (χ1n) is 6.01. The summed E-state index contributed by atoms with van der Waals surface area (Å²) in [4.78, 5) is 4.28. The monoisotopic (exact) mass is 273 g/mol. The van der Waals surface area contributed by atoms with E-state index >= 15 is 0 Å². The summed E-state index contributed by atoms with van der Waals surface area (Å²) in [6, 6.07) is 9.94. The molecule has 0 fully saturated rings. The van der Waals surface area contributed by atoms with Crippen molar-refractivity contribution in [3.05, 3.63) is 46.4 Å². The van der Waals surface area contributed by atoms with Crippen LogP contribution in [0.1, 0.15) is 23.5 Å². The Hall–Kier alpha value is -1.90. The topological polar surface area (TPSA) is 57.9 Å². The fourth-order valence-electron chi connectivity index (χ4n) is 1.67. The Kier molecular flexibility index (Phi) is 4.90. The zero-order valence-corrected chi connectivity index (χ0v) is 11.5. The van der Waals surface area contributed by atoms with Crippen molar-refractivity contribution in [2.75, 3.05) is 6.61 Å². The molecule has 0 saturated heterocycles. The van der Waals surface area contributed by atoms with Gasteiger partial charge in [-0.3, -0.25) is 0 Å². The van der Waals surface area contributed by atoms with Crippen LogP contribution >= 0.6 is 11.3 Å². The summed E-state index contributed by atoms with van der Waals surface area (Å²) in [5.41, 5.74) is 1.12. The molecule has 1 atom stereocenters. The van der Waals surface area contributed by atoms with Crippen LogP contribution in [0.2, 0.25) is 0 Å². The van der Waals surface area contributed by atoms with Crippen LogP contribution in [0.15, 0.2) is 35.8 Å². The van der Waals surface area contributed by atoms with E-state index in [1.54, 1.807) is 11.3 Å². The molecule has 4 nitrogen and oxygen atoms in total. The predicted molar refractivity (Wildman–Crippen MR) is 74.9 cm³/mol. The van der Waals surface area contributed by atoms with Gasteiger partial charge in [0.25, 0.3) is 0 Å². The lowest BCUT2D eigenvalue weighted by molar-refractivity contribution is 0.367. The Morgan fingerprint density at radius 1 is 1.53 bits per heavy atom. The third-order valence-electron chi connectivity index (χ3n) is 2.64. The van der Waals surface area contributed by atoms with Crippen LogP contribution in [0.5, 0.6) is 5.75 Å². The van der Waals surface area contributed by atoms with E-state index in [-0.39, 0.29) is 12.6 Å². The molecule has 1 N–H and O–H groups in total. The minimum Gasteiger partial charge on any atom is -0.479 e. The Balaban J connectivity index is 1.90. The molecule has 1 unspecified atom stereocenters. The van der Waals surface area contributed by atoms with Gasteiger partial charge in [-0.2, -0.15) is 5.26 Å². The Morgan fingerprint density at radius 2 is 2.42 bits per heavy atom. The molecule has 0 aliphatic carbocycles. The third-order valence-corrected chi connectivity index (χ3v) is 3.59. The van der Waals surface area contributed by atoms with Crippen molar-refractivity contribution in [1.82, 2.24) is 10.3 Å². The van der Waals surface area contributed by atoms with E-state index in [9.17, 15) is 0 Å². The lowest BCUT2D eigenvalue weighted by Gasteiger charge is -2.11. The lowest BCUT2D eigenvalue weighted by atomic mass is 10.2. The Bertz CT molecular complexity index is 548. The summed E-state index contributed by atoms with van der Waals surface area (Å²) in [6.45, 7) is 2.91. The van der Waals surface area contributed by atoms with Crippen molar-refractivity contribution in [3.63, 3.8) is 0 Å². The molecule has 0 aliphatic heterocycles. The second-order valence-electron chi connectivity index (χ2n) is 4.07. The molecule has 0 bridgehead atoms. The van der Waals surface area contributed by atoms with Crippen LogP contribution < -0.4 is 10.1 Å². The second-order valence-corrected chi connectivity index (χ2v) is 4.99. The number of rotatable bonds is 6. The van der Waals surface area contributed by atoms with Crippen LogP contribution in [0.25, 0.3) is 0 Å². The Morgan fingerprint density at radius 3 is 3.16 bits per heavy atom. The van der Waals surface area contributed by atoms with Crippen molar-refractivity contribution in [1.29, 1.82) is 5.26 Å². The average Bonchev–Trinajstić information content (AvgIpc) is 2.97. The number of thiazole rings is 1. The highest BCUT2D eigenvalue weighted by Crippen LogP contribution is 2.17. The van der Waals surface area contributed by atoms with Gasteiger partial charge in [0.15, 0.2) is 6.61 Å². The molecule has 5 heteroatoms. The number of nitrogens with zero attached hydrogens (tertiary/aromatic N) is 2. The molecule has 1 heterocycles. The fourth-order valence-corrected chi connectivity index (χ4v) is 2.34. The van der Waals surface area contributed by atoms with Crippen LogP contribution in [-0.4, -0.2) is 11.6 Å². The quantitative estimate of drug-likeness (QED) is 0.879. The van der Waals surface area contributed by atoms with Gasteiger partial charge in [-0.15, -0.1) is 11.3 Å². The van der Waals surface area contributed by atoms with Crippen molar-refractivity contribution < 1.29 is 4.74 Å². The summed E-state index contributed by atoms with van der Waals surface area (Å²) >= 11 is 1.65. The van der Waals surface area contributed by atoms with Gasteiger partial charge >= 0.3 is 0 Å². The molecule has 1 aromatic heterocycles. The first-order valence-corrected chi connectivity index (χ1v) is 6.89. The van der Waals surface area contributed by atoms with E-state index in [0.717, 1.165) is 22.9 Å². The lowest BCUT2D eigenvalue weighted by Crippen LogP contribution is -2.17. The summed E-state index contributed by atoms with van der Waals surface area (Å²) in [5.74, 6) is 0.725. The summed E-state index contributed by atoms with van der Waals surface area (Å²) in [6.07, 6.45) is 1.81. The highest BCUT2D eigenvalue weighted by atomic mass is 32.1. The first kappa shape index (κ1) is 13.5. The highest BCUT2D eigenvalue weighted by molar-refractivity contribution is 7.09. The van der Waals surface area contributed by atoms with Crippen molar-refractivity contribution in [2.24, 2.45) is 0 Å². The molecule has 1 aromatic carbocycles. The van der Waals surface area contributed by atoms with Crippen LogP contribution in [0.4, 0.5) is 0 Å². The zero-order chi connectivity index (χ0) is 13.5. The average molecular weight is 273 g/mol. The number of hydrogen-bond donors (Lipinski definition) is 1. The van der Waals surface area contributed by atoms with Gasteiger partial charge in [0, 0.05) is 18.1 Å². The van der Waals surface area contributed by atoms with E-state index in [2.05, 4.69) is 17.2 Å². The number of benzene rings is 1. The van der Waals surface area contributed by atoms with E-state index in [4.69, 9.17) is 10.00 Å². The minimum atomic E-state index is 0.0758. The Labute approximate surface area is 116 Å². The molecule has 2 aromatic rings. The van der Waals surface area contributed by atoms with Crippen molar-refractivity contribution >= 4 is 11.3 Å². The van der Waals surface area contributed by atoms with Gasteiger partial charge in [-0.05, 0) is 24.6 Å². The number of nitriles is 1. The third kappa shape index (κ3) is 4.05. The summed E-state index contributed by atoms with van der Waals surface area (Å²) < 4.78 is 5.28. The van der Waals surface area contributed by atoms with Gasteiger partial charge in [0.05, 0.1) is 6.04 Å². The van der Waals surface area contributed by atoms with E-state index < -0.39 is 0 Å². The van der Waals surface area contributed by atoms with E-state index in [1.165, 1.54) is 0 Å². The predicted octanol–water partition coefficient (Wildman–Crippen LogP) is 2.90. The largest absolute Gasteiger partial charge is 0.479 e. The molecule has 0 radical (unpaired) electrons. The molecule has 98 valence electrons. The molecule has 0 amide bonds. The highest BCUT2D eigenvalue weighted by Gasteiger charge is 2.07. The van der Waals surface area contributed by atoms with Crippen LogP contribution in [-0.2, 0) is 6.54 Å². The second kappa shape index (κ2) is 6.88. The molecule has 0 spiro atoms. The number of aromatic nitrogens is 1. The molecule has 0 saturated carbocycles. The zero-order valence-electron chi connectivity index (χ0n) is 10.7. The number of ether oxygens (including phenoxy) is 1. The number of nitrogens with one attached hydrogen (secondary N) is 1. The van der Waals surface area contributed by atoms with Gasteiger partial charge in [-0.25, -0.2) is 4.98 Å². The van der Waals surface area contributed by atoms with Crippen LogP contribution in [0, 0.1) is 11.3 Å². The standard InChI is InChI=1S/C14H15N3OS/c1-11(14-16-6-8-19-14)17-10-12-3-2-4-13(9-12)18-7-5-15/h2-4,6,8-9,11,17H,7,10H2,1H3. The summed E-state index contributed by atoms with van der Waals surface area (Å²) in [5, 5.41) is 15.0. The van der Waals surface area contributed by atoms with Crippen molar-refractivity contribution in [2.45, 2.75) is 19.5 Å². The van der Waals surface area contributed by atoms with Gasteiger partial charge in [0.2, 0.25) is 0 Å². The summed E-state index contributed by atoms with van der Waals surface area (Å²) in [7, 11) is 0. The maximum atomic E-state index is 8.49. The minimum absolute atomic E-state index is 0.0758. The molecular weight excluding hydrogens is 258 g/mol. The normalized spacial score (nSPS) is 11.8. The number of hydrogen-bond acceptors (Lipinski definition) is 5. The maximum Gasteiger partial charge on any atom is 0.174 e. The molecular formula is C14H15N3OS. The van der Waals surface area contributed by atoms with Gasteiger partial charge < -0.3 is 10.1 Å². The maximum absolute atomic E-state index is 8.49. The SMILES string of the molecule is CC(NCc1cccc(OCC#N)c1)c1nccs1. The fraction of sp³-hybridized carbons (Fsp3) is 0.286. The molecule has 19 heavy (non-hydrogen) atoms. The molecule has 0 aliphatic rings. The van der Waals surface area contributed by atoms with Gasteiger partial charge in [-0.1, -0.05) is 12.1 Å². The van der Waals surface area contributed by atoms with E-state index in [1.807, 2.05) is 41.9 Å². The van der Waals surface area contributed by atoms with E-state index in [0.29, 0.717) is 0 Å². The van der Waals surface area contributed by atoms with Crippen LogP contribution in [0.3, 0.4) is 0 Å². The first-order chi connectivity index (χ1) is 9.29. The van der Waals surface area contributed by atoms with Crippen molar-refractivity contribution in [3.8, 4) is 11.8 Å².